The molecule has 0 saturated heterocycles. The van der Waals surface area contributed by atoms with E-state index < -0.39 is 0 Å². The molecule has 364 valence electrons. The lowest BCUT2D eigenvalue weighted by Gasteiger charge is -2.03. The Hall–Kier alpha value is -8.08. The molecule has 0 aliphatic carbocycles. The van der Waals surface area contributed by atoms with Crippen LogP contribution in [-0.4, -0.2) is 46.4 Å². The fourth-order valence-corrected chi connectivity index (χ4v) is 8.15. The lowest BCUT2D eigenvalue weighted by molar-refractivity contribution is -0.679. The summed E-state index contributed by atoms with van der Waals surface area (Å²) in [5, 5.41) is 4.31. The van der Waals surface area contributed by atoms with Crippen LogP contribution in [0.3, 0.4) is 0 Å². The lowest BCUT2D eigenvalue weighted by atomic mass is 10.1. The van der Waals surface area contributed by atoms with Gasteiger partial charge in [0, 0.05) is 49.2 Å². The fraction of sp³-hybridized carbons (Fsp3) is 0.226. The number of aryl methyl sites for hydroxylation is 10. The molecule has 0 atom stereocenters. The Balaban J connectivity index is 0.000000127. The standard InChI is InChI=1S/2C11H11N.C10H10N2O.C10H11N2.C10H10N2.C10H13N/c2*1-8-7-10-5-3-4-6-11(10)12-9(8)2;1-7-11-9-6-4-3-5-8(9)10(13)12(7)2;1-8-11-10-6-4-3-5-9(10)7-12(8)2;1-7-8(2)12-10-6-4-3-5-9(10)11-7;1-8-4-3-5-9-6-11(2)7-10(8)9/h2*3-7H,1-2H3;3-6H,1-2H3;3-7H,1-2H3;3-6H,1-2H3;3-5H,6-7H2,1-2H3/q;;;+1;;. The van der Waals surface area contributed by atoms with Gasteiger partial charge in [0.1, 0.15) is 12.0 Å². The SMILES string of the molecule is Cc1cc2ccccc2nc1C.Cc1cc2ccccc2nc1C.Cc1cccc2c1CN(C)C2.Cc1nc2ccccc2c(=O)n1C.Cc1nc2ccccc2c[n+]1C.Cc1nc2ccccc2nc1C. The quantitative estimate of drug-likeness (QED) is 0.138. The molecular weight excluding hydrogens is 887 g/mol. The van der Waals surface area contributed by atoms with Crippen LogP contribution in [-0.2, 0) is 27.2 Å². The minimum atomic E-state index is 0.0168. The second-order valence-electron chi connectivity index (χ2n) is 18.4. The third-order valence-corrected chi connectivity index (χ3v) is 13.0. The van der Waals surface area contributed by atoms with Crippen molar-refractivity contribution in [2.45, 2.75) is 75.4 Å². The van der Waals surface area contributed by atoms with Gasteiger partial charge in [-0.15, -0.1) is 0 Å². The Morgan fingerprint density at radius 2 is 0.875 bits per heavy atom. The first-order valence-corrected chi connectivity index (χ1v) is 24.3. The van der Waals surface area contributed by atoms with Crippen LogP contribution in [0.2, 0.25) is 0 Å². The van der Waals surface area contributed by atoms with Crippen LogP contribution >= 0.6 is 0 Å². The van der Waals surface area contributed by atoms with E-state index >= 15 is 0 Å². The zero-order valence-corrected chi connectivity index (χ0v) is 43.9. The van der Waals surface area contributed by atoms with Crippen molar-refractivity contribution >= 4 is 54.6 Å². The summed E-state index contributed by atoms with van der Waals surface area (Å²) < 4.78 is 3.59. The second-order valence-corrected chi connectivity index (χ2v) is 18.4. The van der Waals surface area contributed by atoms with Gasteiger partial charge in [-0.1, -0.05) is 91.0 Å². The molecule has 1 aliphatic heterocycles. The Morgan fingerprint density at radius 1 is 0.431 bits per heavy atom. The molecule has 6 aromatic carbocycles. The molecule has 0 saturated carbocycles. The van der Waals surface area contributed by atoms with Crippen molar-refractivity contribution in [2.24, 2.45) is 14.1 Å². The van der Waals surface area contributed by atoms with Gasteiger partial charge in [-0.05, 0) is 156 Å². The van der Waals surface area contributed by atoms with Gasteiger partial charge in [0.05, 0.1) is 56.8 Å². The first kappa shape index (κ1) is 51.8. The van der Waals surface area contributed by atoms with Crippen molar-refractivity contribution in [1.29, 1.82) is 0 Å². The minimum absolute atomic E-state index is 0.0168. The Morgan fingerprint density at radius 3 is 1.40 bits per heavy atom. The molecule has 10 nitrogen and oxygen atoms in total. The monoisotopic (exact) mass is 953 g/mol. The van der Waals surface area contributed by atoms with E-state index in [0.29, 0.717) is 5.39 Å². The summed E-state index contributed by atoms with van der Waals surface area (Å²) in [6.07, 6.45) is 2.09. The molecule has 1 aliphatic rings. The van der Waals surface area contributed by atoms with Gasteiger partial charge in [-0.3, -0.25) is 24.2 Å². The highest BCUT2D eigenvalue weighted by molar-refractivity contribution is 5.81. The van der Waals surface area contributed by atoms with Gasteiger partial charge < -0.3 is 0 Å². The number of rotatable bonds is 0. The molecule has 11 aromatic rings. The van der Waals surface area contributed by atoms with Crippen molar-refractivity contribution in [3.63, 3.8) is 0 Å². The van der Waals surface area contributed by atoms with Crippen molar-refractivity contribution in [1.82, 2.24) is 39.4 Å². The van der Waals surface area contributed by atoms with Gasteiger partial charge in [0.25, 0.3) is 11.4 Å². The first-order chi connectivity index (χ1) is 34.6. The summed E-state index contributed by atoms with van der Waals surface area (Å²) in [6.45, 7) is 20.5. The lowest BCUT2D eigenvalue weighted by Crippen LogP contribution is -2.32. The number of nitrogens with zero attached hydrogens (tertiary/aromatic N) is 9. The zero-order chi connectivity index (χ0) is 51.5. The normalized spacial score (nSPS) is 11.5. The molecule has 0 radical (unpaired) electrons. The second kappa shape index (κ2) is 23.7. The highest BCUT2D eigenvalue weighted by Gasteiger charge is 2.16. The zero-order valence-electron chi connectivity index (χ0n) is 43.9. The molecule has 0 N–H and O–H groups in total. The molecule has 5 aromatic heterocycles. The van der Waals surface area contributed by atoms with Gasteiger partial charge in [-0.25, -0.2) is 19.5 Å². The van der Waals surface area contributed by atoms with Crippen LogP contribution in [0.4, 0.5) is 0 Å². The van der Waals surface area contributed by atoms with E-state index in [-0.39, 0.29) is 5.56 Å². The van der Waals surface area contributed by atoms with E-state index in [1.54, 1.807) is 17.7 Å². The number of pyridine rings is 2. The third kappa shape index (κ3) is 13.0. The molecule has 12 rings (SSSR count). The molecule has 0 amide bonds. The molecule has 72 heavy (non-hydrogen) atoms. The van der Waals surface area contributed by atoms with Crippen molar-refractivity contribution < 1.29 is 4.57 Å². The van der Waals surface area contributed by atoms with Gasteiger partial charge in [-0.2, -0.15) is 0 Å². The maximum Gasteiger partial charge on any atom is 0.295 e. The van der Waals surface area contributed by atoms with E-state index in [4.69, 9.17) is 0 Å². The minimum Gasteiger partial charge on any atom is -0.299 e. The van der Waals surface area contributed by atoms with Gasteiger partial charge in [0.2, 0.25) is 0 Å². The maximum absolute atomic E-state index is 11.7. The largest absolute Gasteiger partial charge is 0.299 e. The summed E-state index contributed by atoms with van der Waals surface area (Å²) in [6, 6.07) is 50.7. The topological polar surface area (TPSA) is 106 Å². The molecule has 0 spiro atoms. The number of fused-ring (bicyclic) bond motifs is 6. The molecular formula is C62H66N9O+. The van der Waals surface area contributed by atoms with Crippen molar-refractivity contribution in [2.75, 3.05) is 7.05 Å². The summed E-state index contributed by atoms with van der Waals surface area (Å²) >= 11 is 0. The highest BCUT2D eigenvalue weighted by atomic mass is 16.1. The number of hydrogen-bond acceptors (Lipinski definition) is 8. The fourth-order valence-electron chi connectivity index (χ4n) is 8.15. The number of hydrogen-bond donors (Lipinski definition) is 0. The smallest absolute Gasteiger partial charge is 0.295 e. The summed E-state index contributed by atoms with van der Waals surface area (Å²) in [5.74, 6) is 1.78. The molecule has 0 fully saturated rings. The maximum atomic E-state index is 11.7. The molecule has 6 heterocycles. The predicted octanol–water partition coefficient (Wildman–Crippen LogP) is 12.5. The number of aromatic nitrogens is 8. The summed E-state index contributed by atoms with van der Waals surface area (Å²) in [5.41, 5.74) is 17.2. The first-order valence-electron chi connectivity index (χ1n) is 24.3. The summed E-state index contributed by atoms with van der Waals surface area (Å²) in [7, 11) is 5.91. The predicted molar refractivity (Wildman–Crippen MR) is 297 cm³/mol. The highest BCUT2D eigenvalue weighted by Crippen LogP contribution is 2.24. The van der Waals surface area contributed by atoms with Crippen LogP contribution in [0.1, 0.15) is 62.2 Å². The number of para-hydroxylation sites is 6. The van der Waals surface area contributed by atoms with Crippen LogP contribution in [0.15, 0.2) is 163 Å². The molecule has 10 heteroatoms. The average Bonchev–Trinajstić information content (AvgIpc) is 3.77. The Labute approximate surface area is 423 Å². The number of benzene rings is 6. The van der Waals surface area contributed by atoms with E-state index in [0.717, 1.165) is 80.6 Å². The van der Waals surface area contributed by atoms with Crippen molar-refractivity contribution in [3.05, 3.63) is 230 Å². The third-order valence-electron chi connectivity index (χ3n) is 13.0. The van der Waals surface area contributed by atoms with Crippen LogP contribution in [0.25, 0.3) is 54.6 Å². The van der Waals surface area contributed by atoms with Crippen LogP contribution < -0.4 is 10.1 Å². The molecule has 0 bridgehead atoms. The van der Waals surface area contributed by atoms with Gasteiger partial charge in [0.15, 0.2) is 5.52 Å². The van der Waals surface area contributed by atoms with Crippen LogP contribution in [0, 0.1) is 62.3 Å². The van der Waals surface area contributed by atoms with E-state index in [1.807, 2.05) is 150 Å². The van der Waals surface area contributed by atoms with E-state index in [1.165, 1.54) is 44.0 Å². The van der Waals surface area contributed by atoms with E-state index in [2.05, 4.69) is 117 Å². The summed E-state index contributed by atoms with van der Waals surface area (Å²) in [4.78, 5) is 40.5. The van der Waals surface area contributed by atoms with Crippen molar-refractivity contribution in [3.8, 4) is 0 Å². The Bertz CT molecular complexity index is 3240. The van der Waals surface area contributed by atoms with Gasteiger partial charge >= 0.3 is 0 Å². The van der Waals surface area contributed by atoms with Crippen LogP contribution in [0.5, 0.6) is 0 Å². The average molecular weight is 953 g/mol. The Kier molecular flexibility index (Phi) is 17.0. The molecule has 0 unspecified atom stereocenters. The van der Waals surface area contributed by atoms with E-state index in [9.17, 15) is 4.79 Å².